The van der Waals surface area contributed by atoms with Gasteiger partial charge in [-0.1, -0.05) is 75.3 Å². The number of nitrogens with zero attached hydrogens (tertiary/aromatic N) is 1. The summed E-state index contributed by atoms with van der Waals surface area (Å²) in [6, 6.07) is 6.09. The number of rotatable bonds is 8. The Kier molecular flexibility index (Phi) is 7.97. The molecule has 2 atom stereocenters. The van der Waals surface area contributed by atoms with Crippen LogP contribution in [0.1, 0.15) is 94.2 Å². The number of aliphatic hydroxyl groups excluding tert-OH is 1. The number of aliphatic hydroxyl groups is 1. The first-order valence-corrected chi connectivity index (χ1v) is 11.1. The van der Waals surface area contributed by atoms with Gasteiger partial charge in [0.15, 0.2) is 0 Å². The number of carbonyl (C=O) groups is 1. The molecule has 0 saturated carbocycles. The van der Waals surface area contributed by atoms with Crippen molar-refractivity contribution in [2.75, 3.05) is 13.2 Å². The van der Waals surface area contributed by atoms with E-state index in [2.05, 4.69) is 75.3 Å². The van der Waals surface area contributed by atoms with E-state index in [0.717, 1.165) is 12.1 Å². The number of esters is 1. The predicted octanol–water partition coefficient (Wildman–Crippen LogP) is 6.24. The summed E-state index contributed by atoms with van der Waals surface area (Å²) in [5.74, 6) is -0.0985. The van der Waals surface area contributed by atoms with Gasteiger partial charge in [0, 0.05) is 17.8 Å². The first kappa shape index (κ1) is 26.6. The van der Waals surface area contributed by atoms with Crippen molar-refractivity contribution in [3.63, 3.8) is 0 Å². The monoisotopic (exact) mass is 419 g/mol. The van der Waals surface area contributed by atoms with Crippen molar-refractivity contribution in [1.29, 1.82) is 0 Å². The number of hydrogen-bond acceptors (Lipinski definition) is 4. The van der Waals surface area contributed by atoms with Gasteiger partial charge in [0.05, 0.1) is 12.0 Å². The second-order valence-corrected chi connectivity index (χ2v) is 12.2. The molecule has 0 aliphatic carbocycles. The van der Waals surface area contributed by atoms with Gasteiger partial charge in [0.1, 0.15) is 6.61 Å². The third-order valence-electron chi connectivity index (χ3n) is 7.83. The first-order chi connectivity index (χ1) is 13.4. The van der Waals surface area contributed by atoms with Crippen LogP contribution in [-0.4, -0.2) is 29.3 Å². The lowest BCUT2D eigenvalue weighted by Crippen LogP contribution is -2.59. The van der Waals surface area contributed by atoms with Gasteiger partial charge in [-0.05, 0) is 47.1 Å². The molecule has 1 aromatic rings. The van der Waals surface area contributed by atoms with E-state index in [1.54, 1.807) is 0 Å². The summed E-state index contributed by atoms with van der Waals surface area (Å²) in [7, 11) is 0. The molecule has 0 fully saturated rings. The van der Waals surface area contributed by atoms with Gasteiger partial charge in [0.25, 0.3) is 0 Å². The maximum Gasteiger partial charge on any atom is 0.312 e. The summed E-state index contributed by atoms with van der Waals surface area (Å²) >= 11 is 0. The summed E-state index contributed by atoms with van der Waals surface area (Å²) in [6.07, 6.45) is 2.80. The highest BCUT2D eigenvalue weighted by Crippen LogP contribution is 2.64. The van der Waals surface area contributed by atoms with E-state index < -0.39 is 10.8 Å². The lowest BCUT2D eigenvalue weighted by molar-refractivity contribution is -0.188. The number of hydrogen-bond donors (Lipinski definition) is 1. The van der Waals surface area contributed by atoms with Crippen LogP contribution in [0.2, 0.25) is 0 Å². The molecule has 0 aromatic carbocycles. The highest BCUT2D eigenvalue weighted by Gasteiger charge is 2.62. The summed E-state index contributed by atoms with van der Waals surface area (Å²) in [6.45, 7) is 23.9. The molecule has 1 aromatic heterocycles. The van der Waals surface area contributed by atoms with E-state index in [9.17, 15) is 9.90 Å². The Morgan fingerprint density at radius 2 is 1.57 bits per heavy atom. The highest BCUT2D eigenvalue weighted by molar-refractivity contribution is 5.78. The summed E-state index contributed by atoms with van der Waals surface area (Å²) in [5.41, 5.74) is -0.705. The molecule has 1 N–H and O–H groups in total. The molecule has 0 spiro atoms. The molecule has 30 heavy (non-hydrogen) atoms. The molecule has 2 unspecified atom stereocenters. The van der Waals surface area contributed by atoms with Gasteiger partial charge < -0.3 is 9.84 Å². The van der Waals surface area contributed by atoms with Crippen LogP contribution in [-0.2, 0) is 9.53 Å². The molecule has 0 aliphatic heterocycles. The van der Waals surface area contributed by atoms with Crippen molar-refractivity contribution < 1.29 is 14.6 Å². The quantitative estimate of drug-likeness (QED) is 0.507. The van der Waals surface area contributed by atoms with Crippen LogP contribution in [0.3, 0.4) is 0 Å². The standard InChI is InChI=1S/C26H45NO3/c1-22(2,3)18-19(20-14-12-13-15-27-20)24(7,8)25(9,10)26(11,23(4,5)6)21(29)30-17-16-28/h12-15,19,28H,16-18H2,1-11H3. The molecule has 0 aliphatic rings. The van der Waals surface area contributed by atoms with Gasteiger partial charge in [0.2, 0.25) is 0 Å². The van der Waals surface area contributed by atoms with Gasteiger partial charge >= 0.3 is 5.97 Å². The van der Waals surface area contributed by atoms with Crippen LogP contribution < -0.4 is 0 Å². The van der Waals surface area contributed by atoms with Gasteiger partial charge in [-0.2, -0.15) is 0 Å². The zero-order valence-corrected chi connectivity index (χ0v) is 21.2. The Labute approximate surface area is 184 Å². The lowest BCUT2D eigenvalue weighted by atomic mass is 9.43. The van der Waals surface area contributed by atoms with Crippen LogP contribution >= 0.6 is 0 Å². The summed E-state index contributed by atoms with van der Waals surface area (Å²) < 4.78 is 5.55. The van der Waals surface area contributed by atoms with E-state index in [-0.39, 0.29) is 41.3 Å². The van der Waals surface area contributed by atoms with Crippen molar-refractivity contribution in [1.82, 2.24) is 4.98 Å². The maximum absolute atomic E-state index is 13.5. The van der Waals surface area contributed by atoms with E-state index in [1.165, 1.54) is 0 Å². The second-order valence-electron chi connectivity index (χ2n) is 12.2. The Balaban J connectivity index is 3.66. The Hall–Kier alpha value is -1.42. The Bertz CT molecular complexity index is 695. The number of pyridine rings is 1. The highest BCUT2D eigenvalue weighted by atomic mass is 16.5. The average molecular weight is 420 g/mol. The van der Waals surface area contributed by atoms with E-state index in [4.69, 9.17) is 9.72 Å². The first-order valence-electron chi connectivity index (χ1n) is 11.1. The van der Waals surface area contributed by atoms with Crippen LogP contribution in [0.4, 0.5) is 0 Å². The van der Waals surface area contributed by atoms with Gasteiger partial charge in [-0.25, -0.2) is 0 Å². The van der Waals surface area contributed by atoms with Gasteiger partial charge in [-0.3, -0.25) is 9.78 Å². The summed E-state index contributed by atoms with van der Waals surface area (Å²) in [5, 5.41) is 9.23. The molecule has 1 heterocycles. The Morgan fingerprint density at radius 1 is 1.00 bits per heavy atom. The molecule has 4 nitrogen and oxygen atoms in total. The van der Waals surface area contributed by atoms with Crippen LogP contribution in [0, 0.1) is 27.1 Å². The van der Waals surface area contributed by atoms with Crippen LogP contribution in [0.25, 0.3) is 0 Å². The minimum Gasteiger partial charge on any atom is -0.463 e. The molecular formula is C26H45NO3. The fourth-order valence-electron chi connectivity index (χ4n) is 4.79. The minimum atomic E-state index is -0.788. The van der Waals surface area contributed by atoms with Crippen molar-refractivity contribution >= 4 is 5.97 Å². The fourth-order valence-corrected chi connectivity index (χ4v) is 4.79. The largest absolute Gasteiger partial charge is 0.463 e. The third-order valence-corrected chi connectivity index (χ3v) is 7.83. The van der Waals surface area contributed by atoms with Gasteiger partial charge in [-0.15, -0.1) is 0 Å². The molecule has 172 valence electrons. The molecule has 0 radical (unpaired) electrons. The number of ether oxygens (including phenoxy) is 1. The summed E-state index contributed by atoms with van der Waals surface area (Å²) in [4.78, 5) is 18.2. The molecule has 0 amide bonds. The zero-order valence-electron chi connectivity index (χ0n) is 21.2. The third kappa shape index (κ3) is 5.07. The topological polar surface area (TPSA) is 59.4 Å². The smallest absolute Gasteiger partial charge is 0.312 e. The lowest BCUT2D eigenvalue weighted by Gasteiger charge is -2.59. The van der Waals surface area contributed by atoms with E-state index in [0.29, 0.717) is 0 Å². The van der Waals surface area contributed by atoms with Crippen molar-refractivity contribution in [2.24, 2.45) is 27.1 Å². The second kappa shape index (κ2) is 8.98. The SMILES string of the molecule is CC(C)(C)CC(c1ccccn1)C(C)(C)C(C)(C)C(C)(C(=O)OCCO)C(C)(C)C. The predicted molar refractivity (Wildman–Crippen MR) is 124 cm³/mol. The molecular weight excluding hydrogens is 374 g/mol. The normalized spacial score (nSPS) is 16.7. The average Bonchev–Trinajstić information content (AvgIpc) is 2.62. The number of carbonyl (C=O) groups excluding carboxylic acids is 1. The zero-order chi connectivity index (χ0) is 23.6. The molecule has 0 bridgehead atoms. The van der Waals surface area contributed by atoms with Crippen LogP contribution in [0.5, 0.6) is 0 Å². The Morgan fingerprint density at radius 3 is 1.97 bits per heavy atom. The molecule has 0 saturated heterocycles. The van der Waals surface area contributed by atoms with Crippen molar-refractivity contribution in [3.8, 4) is 0 Å². The number of aromatic nitrogens is 1. The van der Waals surface area contributed by atoms with Crippen LogP contribution in [0.15, 0.2) is 24.4 Å². The van der Waals surface area contributed by atoms with Crippen molar-refractivity contribution in [2.45, 2.75) is 88.5 Å². The van der Waals surface area contributed by atoms with Crippen molar-refractivity contribution in [3.05, 3.63) is 30.1 Å². The minimum absolute atomic E-state index is 0.0205. The maximum atomic E-state index is 13.5. The van der Waals surface area contributed by atoms with E-state index >= 15 is 0 Å². The molecule has 4 heteroatoms. The fraction of sp³-hybridized carbons (Fsp3) is 0.769. The van der Waals surface area contributed by atoms with E-state index in [1.807, 2.05) is 25.3 Å². The molecule has 1 rings (SSSR count).